The van der Waals surface area contributed by atoms with E-state index in [1.807, 2.05) is 42.7 Å². The van der Waals surface area contributed by atoms with E-state index >= 15 is 0 Å². The fourth-order valence-corrected chi connectivity index (χ4v) is 7.56. The van der Waals surface area contributed by atoms with Gasteiger partial charge in [0.15, 0.2) is 0 Å². The van der Waals surface area contributed by atoms with Gasteiger partial charge in [-0.15, -0.1) is 0 Å². The number of piperidine rings is 1. The molecule has 6 rings (SSSR count). The molecule has 9 nitrogen and oxygen atoms in total. The fourth-order valence-electron chi connectivity index (χ4n) is 6.81. The summed E-state index contributed by atoms with van der Waals surface area (Å²) < 4.78 is 19.8. The summed E-state index contributed by atoms with van der Waals surface area (Å²) in [5.74, 6) is 1.85. The van der Waals surface area contributed by atoms with Gasteiger partial charge in [0.1, 0.15) is 23.9 Å². The van der Waals surface area contributed by atoms with Crippen molar-refractivity contribution in [2.75, 3.05) is 25.2 Å². The Morgan fingerprint density at radius 1 is 1.07 bits per heavy atom. The van der Waals surface area contributed by atoms with Crippen molar-refractivity contribution in [3.8, 4) is 28.0 Å². The number of benzene rings is 1. The number of aromatic nitrogens is 3. The zero-order valence-electron chi connectivity index (χ0n) is 28.0. The summed E-state index contributed by atoms with van der Waals surface area (Å²) in [5, 5.41) is 4.52. The summed E-state index contributed by atoms with van der Waals surface area (Å²) in [6, 6.07) is 12.6. The minimum Gasteiger partial charge on any atom is -0.493 e. The maximum atomic E-state index is 13.0. The van der Waals surface area contributed by atoms with Gasteiger partial charge in [0.2, 0.25) is 0 Å². The molecule has 0 radical (unpaired) electrons. The van der Waals surface area contributed by atoms with Crippen LogP contribution >= 0.6 is 0 Å². The number of carbonyl (C=O) groups excluding carboxylic acids is 1. The zero-order chi connectivity index (χ0) is 31.9. The molecule has 0 saturated carbocycles. The molecule has 10 heteroatoms. The van der Waals surface area contributed by atoms with Gasteiger partial charge in [0.05, 0.1) is 18.5 Å². The van der Waals surface area contributed by atoms with Crippen LogP contribution in [0.5, 0.6) is 5.75 Å². The summed E-state index contributed by atoms with van der Waals surface area (Å²) in [6.07, 6.45) is 8.44. The van der Waals surface area contributed by atoms with Crippen molar-refractivity contribution in [1.29, 1.82) is 0 Å². The number of hydrogen-bond acceptors (Lipinski definition) is 7. The number of nitrogens with zero attached hydrogens (tertiary/aromatic N) is 5. The Bertz CT molecular complexity index is 1510. The van der Waals surface area contributed by atoms with E-state index in [-0.39, 0.29) is 18.2 Å². The highest BCUT2D eigenvalue weighted by atomic mass is 28.3. The molecule has 2 bridgehead atoms. The standard InChI is InChI=1S/C35H49N5O4Si/c1-35(2,3)44-34(41)40-26-9-10-27(40)20-28(19-26)38(4)33-13-12-29-30-11-8-24(18-32(30)43-15-14-31(29)37-33)25-21-36-39(22-25)23-42-16-17-45(5,6)7/h8,11-13,18,21-22,26-28H,9-10,14-17,19-20,23H2,1-7H3/t26-,27+,28?. The predicted molar refractivity (Wildman–Crippen MR) is 181 cm³/mol. The van der Waals surface area contributed by atoms with Crippen LogP contribution in [-0.4, -0.2) is 77.8 Å². The third kappa shape index (κ3) is 7.22. The topological polar surface area (TPSA) is 82.0 Å². The quantitative estimate of drug-likeness (QED) is 0.192. The maximum Gasteiger partial charge on any atom is 0.410 e. The average Bonchev–Trinajstić information content (AvgIpc) is 3.49. The van der Waals surface area contributed by atoms with Crippen LogP contribution in [0.3, 0.4) is 0 Å². The third-order valence-electron chi connectivity index (χ3n) is 9.24. The van der Waals surface area contributed by atoms with E-state index in [0.29, 0.717) is 19.4 Å². The minimum absolute atomic E-state index is 0.170. The highest BCUT2D eigenvalue weighted by molar-refractivity contribution is 6.76. The van der Waals surface area contributed by atoms with Crippen LogP contribution in [0, 0.1) is 0 Å². The number of ether oxygens (including phenoxy) is 3. The lowest BCUT2D eigenvalue weighted by atomic mass is 9.96. The first-order valence-electron chi connectivity index (χ1n) is 16.5. The molecule has 0 spiro atoms. The molecular weight excluding hydrogens is 583 g/mol. The van der Waals surface area contributed by atoms with Crippen molar-refractivity contribution in [3.63, 3.8) is 0 Å². The van der Waals surface area contributed by atoms with Gasteiger partial charge < -0.3 is 24.0 Å². The molecule has 2 saturated heterocycles. The molecule has 45 heavy (non-hydrogen) atoms. The summed E-state index contributed by atoms with van der Waals surface area (Å²) in [6.45, 7) is 14.7. The van der Waals surface area contributed by atoms with E-state index in [2.05, 4.69) is 67.0 Å². The van der Waals surface area contributed by atoms with Crippen LogP contribution in [0.2, 0.25) is 25.7 Å². The highest BCUT2D eigenvalue weighted by Gasteiger charge is 2.46. The smallest absolute Gasteiger partial charge is 0.410 e. The summed E-state index contributed by atoms with van der Waals surface area (Å²) >= 11 is 0. The lowest BCUT2D eigenvalue weighted by molar-refractivity contribution is 0.00597. The van der Waals surface area contributed by atoms with Gasteiger partial charge in [0, 0.05) is 69.2 Å². The van der Waals surface area contributed by atoms with Crippen LogP contribution in [0.1, 0.15) is 52.1 Å². The van der Waals surface area contributed by atoms with E-state index in [1.54, 1.807) is 0 Å². The number of hydrogen-bond donors (Lipinski definition) is 0. The Morgan fingerprint density at radius 3 is 2.51 bits per heavy atom. The second kappa shape index (κ2) is 12.4. The van der Waals surface area contributed by atoms with Crippen molar-refractivity contribution in [2.24, 2.45) is 0 Å². The lowest BCUT2D eigenvalue weighted by Crippen LogP contribution is -2.53. The number of amides is 1. The molecule has 3 aromatic rings. The first-order valence-corrected chi connectivity index (χ1v) is 20.2. The summed E-state index contributed by atoms with van der Waals surface area (Å²) in [4.78, 5) is 22.5. The van der Waals surface area contributed by atoms with E-state index in [1.165, 1.54) is 0 Å². The normalized spacial score (nSPS) is 21.0. The van der Waals surface area contributed by atoms with E-state index in [9.17, 15) is 4.79 Å². The fraction of sp³-hybridized carbons (Fsp3) is 0.571. The minimum atomic E-state index is -1.11. The molecule has 0 aliphatic carbocycles. The van der Waals surface area contributed by atoms with Crippen molar-refractivity contribution in [3.05, 3.63) is 48.4 Å². The van der Waals surface area contributed by atoms with Gasteiger partial charge in [-0.25, -0.2) is 14.5 Å². The average molecular weight is 632 g/mol. The second-order valence-corrected chi connectivity index (χ2v) is 20.7. The van der Waals surface area contributed by atoms with Crippen LogP contribution < -0.4 is 9.64 Å². The molecule has 0 N–H and O–H groups in total. The molecule has 1 unspecified atom stereocenters. The van der Waals surface area contributed by atoms with E-state index in [4.69, 9.17) is 19.2 Å². The largest absolute Gasteiger partial charge is 0.493 e. The molecular formula is C35H49N5O4Si. The van der Waals surface area contributed by atoms with Gasteiger partial charge in [-0.05, 0) is 82.3 Å². The van der Waals surface area contributed by atoms with E-state index < -0.39 is 13.7 Å². The summed E-state index contributed by atoms with van der Waals surface area (Å²) in [7, 11) is 1.04. The maximum absolute atomic E-state index is 13.0. The monoisotopic (exact) mass is 631 g/mol. The predicted octanol–water partition coefficient (Wildman–Crippen LogP) is 7.23. The van der Waals surface area contributed by atoms with Gasteiger partial charge in [-0.1, -0.05) is 25.7 Å². The molecule has 5 heterocycles. The van der Waals surface area contributed by atoms with Crippen LogP contribution in [0.4, 0.5) is 10.6 Å². The Hall–Kier alpha value is -3.37. The first-order chi connectivity index (χ1) is 21.3. The molecule has 2 fully saturated rings. The van der Waals surface area contributed by atoms with Crippen LogP contribution in [0.25, 0.3) is 22.3 Å². The van der Waals surface area contributed by atoms with Gasteiger partial charge >= 0.3 is 6.09 Å². The Kier molecular flexibility index (Phi) is 8.73. The second-order valence-electron chi connectivity index (χ2n) is 15.1. The Balaban J connectivity index is 1.13. The SMILES string of the molecule is CN(c1ccc2c(n1)CCOc1cc(-c3cnn(COCC[Si](C)(C)C)c3)ccc1-2)C1C[C@H]2CC[C@@H](C1)N2C(=O)OC(C)(C)C. The molecule has 3 aliphatic rings. The molecule has 242 valence electrons. The van der Waals surface area contributed by atoms with Crippen molar-refractivity contribution >= 4 is 20.0 Å². The van der Waals surface area contributed by atoms with Crippen molar-refractivity contribution in [2.45, 2.75) is 109 Å². The Morgan fingerprint density at radius 2 is 1.80 bits per heavy atom. The number of rotatable bonds is 8. The van der Waals surface area contributed by atoms with Crippen LogP contribution in [0.15, 0.2) is 42.7 Å². The number of anilines is 1. The van der Waals surface area contributed by atoms with Gasteiger partial charge in [0.25, 0.3) is 0 Å². The van der Waals surface area contributed by atoms with Crippen molar-refractivity contribution in [1.82, 2.24) is 19.7 Å². The Labute approximate surface area is 268 Å². The zero-order valence-corrected chi connectivity index (χ0v) is 29.0. The van der Waals surface area contributed by atoms with Crippen LogP contribution in [-0.2, 0) is 22.6 Å². The van der Waals surface area contributed by atoms with Crippen molar-refractivity contribution < 1.29 is 19.0 Å². The molecule has 3 atom stereocenters. The molecule has 1 aromatic carbocycles. The third-order valence-corrected chi connectivity index (χ3v) is 10.9. The molecule has 1 amide bonds. The first kappa shape index (κ1) is 31.6. The molecule has 2 aromatic heterocycles. The lowest BCUT2D eigenvalue weighted by Gasteiger charge is -2.42. The number of pyridine rings is 1. The number of carbonyl (C=O) groups is 1. The summed E-state index contributed by atoms with van der Waals surface area (Å²) in [5.41, 5.74) is 4.88. The molecule has 3 aliphatic heterocycles. The highest BCUT2D eigenvalue weighted by Crippen LogP contribution is 2.41. The van der Waals surface area contributed by atoms with Gasteiger partial charge in [-0.3, -0.25) is 0 Å². The van der Waals surface area contributed by atoms with Gasteiger partial charge in [-0.2, -0.15) is 5.10 Å². The number of fused-ring (bicyclic) bond motifs is 5. The van der Waals surface area contributed by atoms with E-state index in [0.717, 1.165) is 84.3 Å².